The van der Waals surface area contributed by atoms with E-state index in [1.54, 1.807) is 4.90 Å². The van der Waals surface area contributed by atoms with Crippen LogP contribution in [0.3, 0.4) is 0 Å². The first kappa shape index (κ1) is 17.2. The van der Waals surface area contributed by atoms with E-state index in [1.807, 2.05) is 6.92 Å². The van der Waals surface area contributed by atoms with Crippen LogP contribution in [-0.4, -0.2) is 43.6 Å². The second kappa shape index (κ2) is 6.98. The zero-order chi connectivity index (χ0) is 16.3. The van der Waals surface area contributed by atoms with Gasteiger partial charge in [-0.15, -0.1) is 0 Å². The van der Waals surface area contributed by atoms with Crippen molar-refractivity contribution in [3.05, 3.63) is 29.3 Å². The third-order valence-electron chi connectivity index (χ3n) is 3.96. The van der Waals surface area contributed by atoms with Crippen LogP contribution in [0.5, 0.6) is 0 Å². The summed E-state index contributed by atoms with van der Waals surface area (Å²) in [5, 5.41) is 0.457. The van der Waals surface area contributed by atoms with Gasteiger partial charge in [-0.05, 0) is 50.5 Å². The molecule has 2 atom stereocenters. The number of sulfone groups is 1. The SMILES string of the molecule is C[C@H](N)[C@H]1CCCCN1C(=O)CS(=O)(=O)c1ccc(Cl)cc1. The molecule has 1 heterocycles. The lowest BCUT2D eigenvalue weighted by Gasteiger charge is -2.38. The first-order valence-electron chi connectivity index (χ1n) is 7.34. The van der Waals surface area contributed by atoms with Crippen LogP contribution in [0.15, 0.2) is 29.2 Å². The van der Waals surface area contributed by atoms with E-state index in [-0.39, 0.29) is 22.9 Å². The van der Waals surface area contributed by atoms with Gasteiger partial charge in [-0.3, -0.25) is 4.79 Å². The summed E-state index contributed by atoms with van der Waals surface area (Å²) in [7, 11) is -3.67. The third kappa shape index (κ3) is 4.00. The molecule has 0 saturated carbocycles. The van der Waals surface area contributed by atoms with Gasteiger partial charge in [0.2, 0.25) is 5.91 Å². The quantitative estimate of drug-likeness (QED) is 0.903. The summed E-state index contributed by atoms with van der Waals surface area (Å²) in [6, 6.07) is 5.60. The molecular formula is C15H21ClN2O3S. The Morgan fingerprint density at radius 2 is 2.00 bits per heavy atom. The van der Waals surface area contributed by atoms with E-state index in [4.69, 9.17) is 17.3 Å². The molecule has 7 heteroatoms. The number of hydrogen-bond acceptors (Lipinski definition) is 4. The van der Waals surface area contributed by atoms with E-state index in [0.717, 1.165) is 19.3 Å². The fraction of sp³-hybridized carbons (Fsp3) is 0.533. The van der Waals surface area contributed by atoms with Crippen LogP contribution in [0.1, 0.15) is 26.2 Å². The van der Waals surface area contributed by atoms with Crippen molar-refractivity contribution in [3.63, 3.8) is 0 Å². The smallest absolute Gasteiger partial charge is 0.238 e. The number of likely N-dealkylation sites (tertiary alicyclic amines) is 1. The minimum absolute atomic E-state index is 0.0818. The van der Waals surface area contributed by atoms with E-state index in [1.165, 1.54) is 24.3 Å². The minimum atomic E-state index is -3.67. The van der Waals surface area contributed by atoms with E-state index in [9.17, 15) is 13.2 Å². The van der Waals surface area contributed by atoms with Gasteiger partial charge >= 0.3 is 0 Å². The van der Waals surface area contributed by atoms with Crippen molar-refractivity contribution in [1.82, 2.24) is 4.90 Å². The Hall–Kier alpha value is -1.11. The van der Waals surface area contributed by atoms with Crippen LogP contribution < -0.4 is 5.73 Å². The molecule has 2 N–H and O–H groups in total. The standard InChI is InChI=1S/C15H21ClN2O3S/c1-11(17)14-4-2-3-9-18(14)15(19)10-22(20,21)13-7-5-12(16)6-8-13/h5-8,11,14H,2-4,9-10,17H2,1H3/t11-,14+/m0/s1. The lowest BCUT2D eigenvalue weighted by Crippen LogP contribution is -2.53. The number of nitrogens with zero attached hydrogens (tertiary/aromatic N) is 1. The topological polar surface area (TPSA) is 80.5 Å². The average molecular weight is 345 g/mol. The predicted molar refractivity (Wildman–Crippen MR) is 86.5 cm³/mol. The molecule has 22 heavy (non-hydrogen) atoms. The average Bonchev–Trinajstić information content (AvgIpc) is 2.47. The van der Waals surface area contributed by atoms with Crippen LogP contribution >= 0.6 is 11.6 Å². The number of carbonyl (C=O) groups excluding carboxylic acids is 1. The Bertz CT molecular complexity index is 629. The van der Waals surface area contributed by atoms with Crippen LogP contribution in [0.2, 0.25) is 5.02 Å². The summed E-state index contributed by atoms with van der Waals surface area (Å²) in [6.45, 7) is 2.42. The minimum Gasteiger partial charge on any atom is -0.337 e. The van der Waals surface area contributed by atoms with E-state index in [2.05, 4.69) is 0 Å². The summed E-state index contributed by atoms with van der Waals surface area (Å²) in [4.78, 5) is 14.2. The molecule has 5 nitrogen and oxygen atoms in total. The molecule has 1 aromatic rings. The molecule has 0 aliphatic carbocycles. The van der Waals surface area contributed by atoms with Crippen LogP contribution in [0.25, 0.3) is 0 Å². The van der Waals surface area contributed by atoms with Crippen molar-refractivity contribution < 1.29 is 13.2 Å². The monoisotopic (exact) mass is 344 g/mol. The summed E-state index contributed by atoms with van der Waals surface area (Å²) in [5.41, 5.74) is 5.93. The van der Waals surface area contributed by atoms with Gasteiger partial charge in [0.25, 0.3) is 0 Å². The third-order valence-corrected chi connectivity index (χ3v) is 5.83. The van der Waals surface area contributed by atoms with Gasteiger partial charge in [0, 0.05) is 23.7 Å². The van der Waals surface area contributed by atoms with Gasteiger partial charge in [-0.1, -0.05) is 11.6 Å². The Kier molecular flexibility index (Phi) is 5.47. The van der Waals surface area contributed by atoms with Crippen molar-refractivity contribution in [3.8, 4) is 0 Å². The Labute approximate surface area is 136 Å². The van der Waals surface area contributed by atoms with Gasteiger partial charge in [0.1, 0.15) is 5.75 Å². The van der Waals surface area contributed by atoms with Gasteiger partial charge < -0.3 is 10.6 Å². The Balaban J connectivity index is 2.14. The lowest BCUT2D eigenvalue weighted by molar-refractivity contribution is -0.132. The first-order chi connectivity index (χ1) is 10.3. The maximum absolute atomic E-state index is 12.4. The second-order valence-corrected chi connectivity index (χ2v) is 8.15. The van der Waals surface area contributed by atoms with Gasteiger partial charge in [0.05, 0.1) is 4.90 Å². The molecule has 1 aromatic carbocycles. The highest BCUT2D eigenvalue weighted by molar-refractivity contribution is 7.92. The molecule has 1 saturated heterocycles. The number of nitrogens with two attached hydrogens (primary N) is 1. The zero-order valence-electron chi connectivity index (χ0n) is 12.5. The highest BCUT2D eigenvalue weighted by atomic mass is 35.5. The highest BCUT2D eigenvalue weighted by Gasteiger charge is 2.32. The van der Waals surface area contributed by atoms with Crippen molar-refractivity contribution in [2.45, 2.75) is 43.2 Å². The van der Waals surface area contributed by atoms with Crippen molar-refractivity contribution in [1.29, 1.82) is 0 Å². The molecule has 0 spiro atoms. The molecule has 0 bridgehead atoms. The summed E-state index contributed by atoms with van der Waals surface area (Å²) >= 11 is 5.76. The number of carbonyl (C=O) groups is 1. The number of piperidine rings is 1. The maximum atomic E-state index is 12.4. The molecular weight excluding hydrogens is 324 g/mol. The predicted octanol–water partition coefficient (Wildman–Crippen LogP) is 1.84. The van der Waals surface area contributed by atoms with Crippen LogP contribution in [0, 0.1) is 0 Å². The van der Waals surface area contributed by atoms with E-state index < -0.39 is 15.6 Å². The summed E-state index contributed by atoms with van der Waals surface area (Å²) < 4.78 is 24.7. The highest BCUT2D eigenvalue weighted by Crippen LogP contribution is 2.21. The second-order valence-electron chi connectivity index (χ2n) is 5.72. The van der Waals surface area contributed by atoms with E-state index in [0.29, 0.717) is 11.6 Å². The van der Waals surface area contributed by atoms with Gasteiger partial charge in [0.15, 0.2) is 9.84 Å². The summed E-state index contributed by atoms with van der Waals surface area (Å²) in [5.74, 6) is -0.908. The molecule has 0 radical (unpaired) electrons. The number of amides is 1. The molecule has 1 amide bonds. The number of benzene rings is 1. The largest absolute Gasteiger partial charge is 0.337 e. The molecule has 122 valence electrons. The molecule has 1 aliphatic heterocycles. The Morgan fingerprint density at radius 3 is 2.59 bits per heavy atom. The van der Waals surface area contributed by atoms with Crippen LogP contribution in [-0.2, 0) is 14.6 Å². The number of rotatable bonds is 4. The fourth-order valence-electron chi connectivity index (χ4n) is 2.78. The van der Waals surface area contributed by atoms with Crippen LogP contribution in [0.4, 0.5) is 0 Å². The fourth-order valence-corrected chi connectivity index (χ4v) is 4.12. The summed E-state index contributed by atoms with van der Waals surface area (Å²) in [6.07, 6.45) is 2.72. The first-order valence-corrected chi connectivity index (χ1v) is 9.37. The van der Waals surface area contributed by atoms with Gasteiger partial charge in [-0.25, -0.2) is 8.42 Å². The normalized spacial score (nSPS) is 20.7. The van der Waals surface area contributed by atoms with Crippen molar-refractivity contribution >= 4 is 27.3 Å². The van der Waals surface area contributed by atoms with Crippen molar-refractivity contribution in [2.24, 2.45) is 5.73 Å². The molecule has 2 rings (SSSR count). The van der Waals surface area contributed by atoms with Crippen molar-refractivity contribution in [2.75, 3.05) is 12.3 Å². The number of halogens is 1. The zero-order valence-corrected chi connectivity index (χ0v) is 14.1. The number of hydrogen-bond donors (Lipinski definition) is 1. The molecule has 1 fully saturated rings. The molecule has 1 aliphatic rings. The lowest BCUT2D eigenvalue weighted by atomic mass is 9.97. The molecule has 0 aromatic heterocycles. The van der Waals surface area contributed by atoms with Gasteiger partial charge in [-0.2, -0.15) is 0 Å². The molecule has 0 unspecified atom stereocenters. The Morgan fingerprint density at radius 1 is 1.36 bits per heavy atom. The van der Waals surface area contributed by atoms with E-state index >= 15 is 0 Å². The maximum Gasteiger partial charge on any atom is 0.238 e.